The van der Waals surface area contributed by atoms with E-state index < -0.39 is 0 Å². The Morgan fingerprint density at radius 3 is 2.76 bits per heavy atom. The molecule has 2 unspecified atom stereocenters. The minimum Gasteiger partial charge on any atom is -0.391 e. The van der Waals surface area contributed by atoms with Crippen molar-refractivity contribution in [2.45, 2.75) is 44.8 Å². The van der Waals surface area contributed by atoms with Gasteiger partial charge in [0.15, 0.2) is 0 Å². The number of nitrogens with zero attached hydrogens (tertiary/aromatic N) is 2. The number of aromatic nitrogens is 1. The van der Waals surface area contributed by atoms with Crippen LogP contribution in [0.2, 0.25) is 0 Å². The summed E-state index contributed by atoms with van der Waals surface area (Å²) in [4.78, 5) is 6.56. The second-order valence-corrected chi connectivity index (χ2v) is 5.70. The van der Waals surface area contributed by atoms with Crippen molar-refractivity contribution >= 4 is 21.7 Å². The number of hydrogen-bond donors (Lipinski definition) is 1. The fourth-order valence-electron chi connectivity index (χ4n) is 2.49. The molecule has 0 bridgehead atoms. The van der Waals surface area contributed by atoms with E-state index >= 15 is 0 Å². The third-order valence-corrected chi connectivity index (χ3v) is 4.07. The number of halogens is 1. The molecule has 3 nitrogen and oxygen atoms in total. The zero-order chi connectivity index (χ0) is 12.4. The molecule has 1 saturated carbocycles. The van der Waals surface area contributed by atoms with Crippen LogP contribution in [-0.4, -0.2) is 29.3 Å². The van der Waals surface area contributed by atoms with Gasteiger partial charge >= 0.3 is 0 Å². The fourth-order valence-corrected chi connectivity index (χ4v) is 3.23. The predicted octanol–water partition coefficient (Wildman–Crippen LogP) is 2.89. The molecule has 94 valence electrons. The lowest BCUT2D eigenvalue weighted by Gasteiger charge is -2.36. The molecule has 1 heterocycles. The SMILES string of the molecule is Cc1cnc(N(C)C2CCCCC2O)c(Br)c1. The first kappa shape index (κ1) is 12.8. The molecule has 1 aliphatic rings. The van der Waals surface area contributed by atoms with E-state index in [1.54, 1.807) is 0 Å². The van der Waals surface area contributed by atoms with Gasteiger partial charge in [0.05, 0.1) is 16.6 Å². The topological polar surface area (TPSA) is 36.4 Å². The van der Waals surface area contributed by atoms with Gasteiger partial charge in [0.1, 0.15) is 5.82 Å². The number of likely N-dealkylation sites (N-methyl/N-ethyl adjacent to an activating group) is 1. The fraction of sp³-hybridized carbons (Fsp3) is 0.615. The number of aliphatic hydroxyl groups excluding tert-OH is 1. The van der Waals surface area contributed by atoms with Gasteiger partial charge in [0.25, 0.3) is 0 Å². The molecule has 1 aromatic rings. The van der Waals surface area contributed by atoms with Crippen LogP contribution >= 0.6 is 15.9 Å². The zero-order valence-electron chi connectivity index (χ0n) is 10.4. The maximum atomic E-state index is 10.1. The molecular formula is C13H19BrN2O. The van der Waals surface area contributed by atoms with Crippen LogP contribution in [0, 0.1) is 6.92 Å². The van der Waals surface area contributed by atoms with E-state index in [2.05, 4.69) is 31.9 Å². The monoisotopic (exact) mass is 298 g/mol. The minimum atomic E-state index is -0.233. The Balaban J connectivity index is 2.20. The molecule has 0 aliphatic heterocycles. The molecule has 0 radical (unpaired) electrons. The number of aryl methyl sites for hydroxylation is 1. The van der Waals surface area contributed by atoms with Crippen LogP contribution in [-0.2, 0) is 0 Å². The summed E-state index contributed by atoms with van der Waals surface area (Å²) in [6, 6.07) is 2.25. The average molecular weight is 299 g/mol. The molecule has 1 aliphatic carbocycles. The summed E-state index contributed by atoms with van der Waals surface area (Å²) in [5.41, 5.74) is 1.14. The quantitative estimate of drug-likeness (QED) is 0.912. The molecule has 1 fully saturated rings. The van der Waals surface area contributed by atoms with Crippen molar-refractivity contribution < 1.29 is 5.11 Å². The minimum absolute atomic E-state index is 0.190. The summed E-state index contributed by atoms with van der Waals surface area (Å²) in [5.74, 6) is 0.918. The van der Waals surface area contributed by atoms with E-state index in [9.17, 15) is 5.11 Å². The van der Waals surface area contributed by atoms with Crippen LogP contribution in [0.3, 0.4) is 0 Å². The molecule has 4 heteroatoms. The van der Waals surface area contributed by atoms with Crippen molar-refractivity contribution in [3.8, 4) is 0 Å². The molecule has 0 spiro atoms. The van der Waals surface area contributed by atoms with Crippen LogP contribution in [0.4, 0.5) is 5.82 Å². The molecule has 1 N–H and O–H groups in total. The third-order valence-electron chi connectivity index (χ3n) is 3.48. The lowest BCUT2D eigenvalue weighted by Crippen LogP contribution is -2.44. The number of aliphatic hydroxyl groups is 1. The van der Waals surface area contributed by atoms with Gasteiger partial charge in [-0.1, -0.05) is 12.8 Å². The molecule has 17 heavy (non-hydrogen) atoms. The molecule has 2 atom stereocenters. The number of rotatable bonds is 2. The normalized spacial score (nSPS) is 24.7. The second-order valence-electron chi connectivity index (χ2n) is 4.85. The predicted molar refractivity (Wildman–Crippen MR) is 73.3 cm³/mol. The second kappa shape index (κ2) is 5.36. The largest absolute Gasteiger partial charge is 0.391 e. The van der Waals surface area contributed by atoms with E-state index in [1.165, 1.54) is 6.42 Å². The lowest BCUT2D eigenvalue weighted by molar-refractivity contribution is 0.106. The van der Waals surface area contributed by atoms with Crippen molar-refractivity contribution in [1.29, 1.82) is 0 Å². The highest BCUT2D eigenvalue weighted by Crippen LogP contribution is 2.30. The van der Waals surface area contributed by atoms with Gasteiger partial charge in [0, 0.05) is 13.2 Å². The maximum Gasteiger partial charge on any atom is 0.142 e. The summed E-state index contributed by atoms with van der Waals surface area (Å²) in [6.45, 7) is 2.02. The van der Waals surface area contributed by atoms with E-state index in [0.717, 1.165) is 35.1 Å². The zero-order valence-corrected chi connectivity index (χ0v) is 11.9. The van der Waals surface area contributed by atoms with Gasteiger partial charge in [-0.2, -0.15) is 0 Å². The van der Waals surface area contributed by atoms with Gasteiger partial charge < -0.3 is 10.0 Å². The Morgan fingerprint density at radius 2 is 2.12 bits per heavy atom. The van der Waals surface area contributed by atoms with E-state index in [1.807, 2.05) is 20.2 Å². The van der Waals surface area contributed by atoms with Crippen molar-refractivity contribution in [2.75, 3.05) is 11.9 Å². The van der Waals surface area contributed by atoms with E-state index in [0.29, 0.717) is 0 Å². The molecule has 0 aromatic carbocycles. The Kier molecular flexibility index (Phi) is 4.05. The Morgan fingerprint density at radius 1 is 1.41 bits per heavy atom. The van der Waals surface area contributed by atoms with E-state index in [4.69, 9.17) is 0 Å². The molecule has 1 aromatic heterocycles. The Hall–Kier alpha value is -0.610. The maximum absolute atomic E-state index is 10.1. The van der Waals surface area contributed by atoms with Gasteiger partial charge in [-0.3, -0.25) is 0 Å². The van der Waals surface area contributed by atoms with Gasteiger partial charge in [0.2, 0.25) is 0 Å². The van der Waals surface area contributed by atoms with Gasteiger partial charge in [-0.25, -0.2) is 4.98 Å². The standard InChI is InChI=1S/C13H19BrN2O/c1-9-7-10(14)13(15-8-9)16(2)11-5-3-4-6-12(11)17/h7-8,11-12,17H,3-6H2,1-2H3. The molecule has 0 saturated heterocycles. The van der Waals surface area contributed by atoms with Crippen LogP contribution in [0.5, 0.6) is 0 Å². The number of pyridine rings is 1. The van der Waals surface area contributed by atoms with Crippen LogP contribution in [0.25, 0.3) is 0 Å². The average Bonchev–Trinajstić information content (AvgIpc) is 2.29. The summed E-state index contributed by atoms with van der Waals surface area (Å²) in [5, 5.41) is 10.1. The third kappa shape index (κ3) is 2.80. The highest BCUT2D eigenvalue weighted by atomic mass is 79.9. The first-order chi connectivity index (χ1) is 8.09. The van der Waals surface area contributed by atoms with E-state index in [-0.39, 0.29) is 12.1 Å². The van der Waals surface area contributed by atoms with Crippen molar-refractivity contribution in [2.24, 2.45) is 0 Å². The number of hydrogen-bond acceptors (Lipinski definition) is 3. The first-order valence-electron chi connectivity index (χ1n) is 6.12. The lowest BCUT2D eigenvalue weighted by atomic mass is 9.91. The highest BCUT2D eigenvalue weighted by molar-refractivity contribution is 9.10. The van der Waals surface area contributed by atoms with Gasteiger partial charge in [-0.05, 0) is 47.3 Å². The number of anilines is 1. The summed E-state index contributed by atoms with van der Waals surface area (Å²) < 4.78 is 0.998. The summed E-state index contributed by atoms with van der Waals surface area (Å²) >= 11 is 3.55. The van der Waals surface area contributed by atoms with Crippen LogP contribution < -0.4 is 4.90 Å². The smallest absolute Gasteiger partial charge is 0.142 e. The van der Waals surface area contributed by atoms with Crippen molar-refractivity contribution in [1.82, 2.24) is 4.98 Å². The van der Waals surface area contributed by atoms with Crippen molar-refractivity contribution in [3.63, 3.8) is 0 Å². The first-order valence-corrected chi connectivity index (χ1v) is 6.92. The molecule has 2 rings (SSSR count). The Labute approximate surface area is 111 Å². The molecular weight excluding hydrogens is 280 g/mol. The molecule has 0 amide bonds. The van der Waals surface area contributed by atoms with Crippen LogP contribution in [0.15, 0.2) is 16.7 Å². The Bertz CT molecular complexity index is 397. The summed E-state index contributed by atoms with van der Waals surface area (Å²) in [7, 11) is 2.02. The van der Waals surface area contributed by atoms with Gasteiger partial charge in [-0.15, -0.1) is 0 Å². The van der Waals surface area contributed by atoms with Crippen molar-refractivity contribution in [3.05, 3.63) is 22.3 Å². The summed E-state index contributed by atoms with van der Waals surface area (Å²) in [6.07, 6.45) is 5.90. The van der Waals surface area contributed by atoms with Crippen LogP contribution in [0.1, 0.15) is 31.2 Å². The highest BCUT2D eigenvalue weighted by Gasteiger charge is 2.28.